The van der Waals surface area contributed by atoms with Gasteiger partial charge in [0, 0.05) is 23.5 Å². The Balaban J connectivity index is 1.68. The van der Waals surface area contributed by atoms with Gasteiger partial charge in [-0.05, 0) is 50.6 Å². The van der Waals surface area contributed by atoms with Crippen LogP contribution in [0.5, 0.6) is 0 Å². The summed E-state index contributed by atoms with van der Waals surface area (Å²) in [4.78, 5) is 14.6. The second kappa shape index (κ2) is 9.05. The fourth-order valence-corrected chi connectivity index (χ4v) is 3.60. The first-order valence-electron chi connectivity index (χ1n) is 10.0. The van der Waals surface area contributed by atoms with Crippen LogP contribution in [0, 0.1) is 13.8 Å². The zero-order chi connectivity index (χ0) is 21.0. The molecule has 5 nitrogen and oxygen atoms in total. The van der Waals surface area contributed by atoms with E-state index in [1.807, 2.05) is 72.1 Å². The normalized spacial score (nSPS) is 11.3. The SMILES string of the molecule is Cc1nn(-c2ccccc2)c(C)c1CN(C)CC(=O)Nc1ccccc1C(C)C. The van der Waals surface area contributed by atoms with Gasteiger partial charge in [0.15, 0.2) is 0 Å². The lowest BCUT2D eigenvalue weighted by atomic mass is 10.0. The predicted molar refractivity (Wildman–Crippen MR) is 119 cm³/mol. The lowest BCUT2D eigenvalue weighted by molar-refractivity contribution is -0.117. The summed E-state index contributed by atoms with van der Waals surface area (Å²) in [6.07, 6.45) is 0. The molecule has 0 aliphatic rings. The number of rotatable bonds is 7. The highest BCUT2D eigenvalue weighted by Gasteiger charge is 2.16. The number of carbonyl (C=O) groups excluding carboxylic acids is 1. The Hall–Kier alpha value is -2.92. The molecule has 2 aromatic carbocycles. The Bertz CT molecular complexity index is 976. The Labute approximate surface area is 173 Å². The van der Waals surface area contributed by atoms with Crippen molar-refractivity contribution in [2.24, 2.45) is 0 Å². The van der Waals surface area contributed by atoms with Gasteiger partial charge in [0.05, 0.1) is 17.9 Å². The zero-order valence-corrected chi connectivity index (χ0v) is 17.9. The summed E-state index contributed by atoms with van der Waals surface area (Å²) in [5, 5.41) is 7.77. The van der Waals surface area contributed by atoms with E-state index in [1.54, 1.807) is 0 Å². The number of benzene rings is 2. The van der Waals surface area contributed by atoms with Gasteiger partial charge in [0.2, 0.25) is 5.91 Å². The Kier molecular flexibility index (Phi) is 6.49. The summed E-state index contributed by atoms with van der Waals surface area (Å²) < 4.78 is 1.97. The van der Waals surface area contributed by atoms with Crippen LogP contribution in [-0.4, -0.2) is 34.2 Å². The molecule has 3 rings (SSSR count). The van der Waals surface area contributed by atoms with Gasteiger partial charge in [0.1, 0.15) is 0 Å². The molecule has 3 aromatic rings. The van der Waals surface area contributed by atoms with E-state index in [-0.39, 0.29) is 5.91 Å². The molecule has 0 unspecified atom stereocenters. The topological polar surface area (TPSA) is 50.2 Å². The van der Waals surface area contributed by atoms with Crippen molar-refractivity contribution < 1.29 is 4.79 Å². The van der Waals surface area contributed by atoms with Crippen molar-refractivity contribution in [1.29, 1.82) is 0 Å². The molecule has 0 bridgehead atoms. The van der Waals surface area contributed by atoms with E-state index in [4.69, 9.17) is 5.10 Å². The van der Waals surface area contributed by atoms with Crippen LogP contribution in [0.1, 0.15) is 42.3 Å². The number of nitrogens with one attached hydrogen (secondary N) is 1. The number of anilines is 1. The average Bonchev–Trinajstić information content (AvgIpc) is 2.97. The standard InChI is InChI=1S/C24H30N4O/c1-17(2)21-13-9-10-14-23(21)25-24(29)16-27(5)15-22-18(3)26-28(19(22)4)20-11-7-6-8-12-20/h6-14,17H,15-16H2,1-5H3,(H,25,29). The molecule has 152 valence electrons. The van der Waals surface area contributed by atoms with E-state index in [9.17, 15) is 4.79 Å². The van der Waals surface area contributed by atoms with Crippen LogP contribution in [0.2, 0.25) is 0 Å². The van der Waals surface area contributed by atoms with Crippen molar-refractivity contribution >= 4 is 11.6 Å². The molecule has 5 heteroatoms. The van der Waals surface area contributed by atoms with E-state index in [2.05, 4.69) is 32.2 Å². The lowest BCUT2D eigenvalue weighted by Gasteiger charge is -2.18. The molecule has 1 N–H and O–H groups in total. The first-order valence-corrected chi connectivity index (χ1v) is 10.0. The highest BCUT2D eigenvalue weighted by Crippen LogP contribution is 2.24. The summed E-state index contributed by atoms with van der Waals surface area (Å²) in [5.74, 6) is 0.352. The van der Waals surface area contributed by atoms with Crippen molar-refractivity contribution in [2.45, 2.75) is 40.2 Å². The van der Waals surface area contributed by atoms with E-state index < -0.39 is 0 Å². The minimum Gasteiger partial charge on any atom is -0.325 e. The molecular formula is C24H30N4O. The van der Waals surface area contributed by atoms with Crippen LogP contribution in [-0.2, 0) is 11.3 Å². The van der Waals surface area contributed by atoms with Crippen molar-refractivity contribution in [3.63, 3.8) is 0 Å². The first kappa shape index (κ1) is 20.8. The molecule has 0 spiro atoms. The summed E-state index contributed by atoms with van der Waals surface area (Å²) in [6.45, 7) is 9.36. The fourth-order valence-electron chi connectivity index (χ4n) is 3.60. The van der Waals surface area contributed by atoms with Gasteiger partial charge < -0.3 is 5.32 Å². The molecule has 0 atom stereocenters. The van der Waals surface area contributed by atoms with Gasteiger partial charge in [-0.15, -0.1) is 0 Å². The minimum absolute atomic E-state index is 0.00800. The van der Waals surface area contributed by atoms with Gasteiger partial charge in [-0.25, -0.2) is 4.68 Å². The molecule has 0 aliphatic heterocycles. The second-order valence-corrected chi connectivity index (χ2v) is 7.86. The number of hydrogen-bond acceptors (Lipinski definition) is 3. The van der Waals surface area contributed by atoms with Crippen molar-refractivity contribution in [1.82, 2.24) is 14.7 Å². The zero-order valence-electron chi connectivity index (χ0n) is 17.9. The van der Waals surface area contributed by atoms with Crippen molar-refractivity contribution in [3.8, 4) is 5.69 Å². The van der Waals surface area contributed by atoms with Gasteiger partial charge in [-0.1, -0.05) is 50.2 Å². The molecule has 1 heterocycles. The maximum atomic E-state index is 12.6. The Morgan fingerprint density at radius 3 is 2.41 bits per heavy atom. The highest BCUT2D eigenvalue weighted by molar-refractivity contribution is 5.93. The monoisotopic (exact) mass is 390 g/mol. The van der Waals surface area contributed by atoms with E-state index in [1.165, 1.54) is 0 Å². The summed E-state index contributed by atoms with van der Waals surface area (Å²) in [5.41, 5.74) is 6.34. The number of likely N-dealkylation sites (N-methyl/N-ethyl adjacent to an activating group) is 1. The fraction of sp³-hybridized carbons (Fsp3) is 0.333. The first-order chi connectivity index (χ1) is 13.9. The van der Waals surface area contributed by atoms with E-state index >= 15 is 0 Å². The summed E-state index contributed by atoms with van der Waals surface area (Å²) >= 11 is 0. The maximum Gasteiger partial charge on any atom is 0.238 e. The van der Waals surface area contributed by atoms with E-state index in [0.717, 1.165) is 33.9 Å². The highest BCUT2D eigenvalue weighted by atomic mass is 16.2. The Morgan fingerprint density at radius 2 is 1.72 bits per heavy atom. The Morgan fingerprint density at radius 1 is 1.07 bits per heavy atom. The van der Waals surface area contributed by atoms with Crippen LogP contribution in [0.25, 0.3) is 5.69 Å². The quantitative estimate of drug-likeness (QED) is 0.637. The molecule has 0 radical (unpaired) electrons. The number of hydrogen-bond donors (Lipinski definition) is 1. The van der Waals surface area contributed by atoms with Gasteiger partial charge in [-0.3, -0.25) is 9.69 Å². The molecule has 1 aromatic heterocycles. The molecule has 0 saturated heterocycles. The molecular weight excluding hydrogens is 360 g/mol. The smallest absolute Gasteiger partial charge is 0.238 e. The second-order valence-electron chi connectivity index (χ2n) is 7.86. The molecule has 0 aliphatic carbocycles. The average molecular weight is 391 g/mol. The minimum atomic E-state index is -0.00800. The number of nitrogens with zero attached hydrogens (tertiary/aromatic N) is 3. The third-order valence-electron chi connectivity index (χ3n) is 5.14. The lowest BCUT2D eigenvalue weighted by Crippen LogP contribution is -2.30. The number of aryl methyl sites for hydroxylation is 1. The predicted octanol–water partition coefficient (Wildman–Crippen LogP) is 4.68. The van der Waals surface area contributed by atoms with E-state index in [0.29, 0.717) is 19.0 Å². The third kappa shape index (κ3) is 4.93. The van der Waals surface area contributed by atoms with Gasteiger partial charge in [0.25, 0.3) is 0 Å². The molecule has 0 saturated carbocycles. The maximum absolute atomic E-state index is 12.6. The molecule has 29 heavy (non-hydrogen) atoms. The van der Waals surface area contributed by atoms with Crippen LogP contribution in [0.4, 0.5) is 5.69 Å². The van der Waals surface area contributed by atoms with Crippen LogP contribution in [0.15, 0.2) is 54.6 Å². The van der Waals surface area contributed by atoms with Crippen LogP contribution in [0.3, 0.4) is 0 Å². The third-order valence-corrected chi connectivity index (χ3v) is 5.14. The van der Waals surface area contributed by atoms with Gasteiger partial charge in [-0.2, -0.15) is 5.10 Å². The van der Waals surface area contributed by atoms with Gasteiger partial charge >= 0.3 is 0 Å². The van der Waals surface area contributed by atoms with Crippen molar-refractivity contribution in [3.05, 3.63) is 77.1 Å². The molecule has 0 fully saturated rings. The number of aromatic nitrogens is 2. The number of carbonyl (C=O) groups is 1. The van der Waals surface area contributed by atoms with Crippen molar-refractivity contribution in [2.75, 3.05) is 18.9 Å². The number of amides is 1. The van der Waals surface area contributed by atoms with Crippen LogP contribution >= 0.6 is 0 Å². The summed E-state index contributed by atoms with van der Waals surface area (Å²) in [7, 11) is 1.96. The number of para-hydroxylation sites is 2. The van der Waals surface area contributed by atoms with Crippen LogP contribution < -0.4 is 5.32 Å². The largest absolute Gasteiger partial charge is 0.325 e. The molecule has 1 amide bonds. The summed E-state index contributed by atoms with van der Waals surface area (Å²) in [6, 6.07) is 18.1.